The molecule has 0 amide bonds. The molecule has 0 atom stereocenters. The topological polar surface area (TPSA) is 45.7 Å². The van der Waals surface area contributed by atoms with Gasteiger partial charge in [-0.3, -0.25) is 4.99 Å². The van der Waals surface area contributed by atoms with E-state index < -0.39 is 11.7 Å². The van der Waals surface area contributed by atoms with Crippen LogP contribution in [0.25, 0.3) is 0 Å². The average Bonchev–Trinajstić information content (AvgIpc) is 3.09. The molecule has 0 spiro atoms. The minimum absolute atomic E-state index is 0. The highest BCUT2D eigenvalue weighted by Gasteiger charge is 2.33. The second-order valence-electron chi connectivity index (χ2n) is 6.92. The summed E-state index contributed by atoms with van der Waals surface area (Å²) in [5, 5.41) is 6.54. The molecule has 0 aromatic heterocycles. The summed E-state index contributed by atoms with van der Waals surface area (Å²) in [7, 11) is 3.42. The van der Waals surface area contributed by atoms with E-state index in [-0.39, 0.29) is 29.4 Å². The molecule has 1 aliphatic carbocycles. The van der Waals surface area contributed by atoms with Gasteiger partial charge in [0.2, 0.25) is 0 Å². The summed E-state index contributed by atoms with van der Waals surface area (Å²) in [5.41, 5.74) is 0.378. The Morgan fingerprint density at radius 1 is 1.15 bits per heavy atom. The van der Waals surface area contributed by atoms with E-state index in [1.165, 1.54) is 37.8 Å². The van der Waals surface area contributed by atoms with Crippen LogP contribution in [0.1, 0.15) is 43.2 Å². The van der Waals surface area contributed by atoms with Crippen molar-refractivity contribution in [1.29, 1.82) is 0 Å². The Labute approximate surface area is 176 Å². The van der Waals surface area contributed by atoms with Crippen molar-refractivity contribution < 1.29 is 17.9 Å². The number of aliphatic imine (C=N–C) groups is 1. The summed E-state index contributed by atoms with van der Waals surface area (Å²) in [4.78, 5) is 4.22. The summed E-state index contributed by atoms with van der Waals surface area (Å²) >= 11 is 0. The lowest BCUT2D eigenvalue weighted by molar-refractivity contribution is -0.137. The summed E-state index contributed by atoms with van der Waals surface area (Å²) in [5.74, 6) is 0.661. The van der Waals surface area contributed by atoms with Gasteiger partial charge >= 0.3 is 6.18 Å². The molecule has 154 valence electrons. The smallest absolute Gasteiger partial charge is 0.385 e. The zero-order valence-corrected chi connectivity index (χ0v) is 18.2. The fraction of sp³-hybridized carbons (Fsp3) is 0.632. The Balaban J connectivity index is 0.00000364. The molecular formula is C19H29F3IN3O. The lowest BCUT2D eigenvalue weighted by atomic mass is 9.83. The number of halogens is 4. The zero-order chi connectivity index (χ0) is 19.0. The van der Waals surface area contributed by atoms with Crippen molar-refractivity contribution in [3.8, 4) is 0 Å². The first-order valence-electron chi connectivity index (χ1n) is 8.98. The molecule has 0 bridgehead atoms. The standard InChI is InChI=1S/C19H28F3N3O.HI/c1-23-17(25-14-18(11-12-26-2)9-3-4-10-18)24-13-15-5-7-16(8-6-15)19(20,21)22;/h5-8H,3-4,9-14H2,1-2H3,(H2,23,24,25);1H. The second-order valence-corrected chi connectivity index (χ2v) is 6.92. The van der Waals surface area contributed by atoms with Gasteiger partial charge < -0.3 is 15.4 Å². The van der Waals surface area contributed by atoms with E-state index in [9.17, 15) is 13.2 Å². The number of alkyl halides is 3. The van der Waals surface area contributed by atoms with Crippen LogP contribution in [-0.2, 0) is 17.5 Å². The molecule has 0 unspecified atom stereocenters. The Morgan fingerprint density at radius 3 is 2.30 bits per heavy atom. The predicted molar refractivity (Wildman–Crippen MR) is 112 cm³/mol. The van der Waals surface area contributed by atoms with Crippen molar-refractivity contribution in [2.45, 2.75) is 44.8 Å². The molecule has 2 N–H and O–H groups in total. The summed E-state index contributed by atoms with van der Waals surface area (Å²) in [6, 6.07) is 5.18. The first-order chi connectivity index (χ1) is 12.4. The lowest BCUT2D eigenvalue weighted by Crippen LogP contribution is -2.43. The molecular weight excluding hydrogens is 470 g/mol. The van der Waals surface area contributed by atoms with Gasteiger partial charge in [-0.2, -0.15) is 13.2 Å². The third kappa shape index (κ3) is 7.48. The van der Waals surface area contributed by atoms with E-state index in [1.807, 2.05) is 0 Å². The Bertz CT molecular complexity index is 585. The van der Waals surface area contributed by atoms with Crippen molar-refractivity contribution in [1.82, 2.24) is 10.6 Å². The molecule has 27 heavy (non-hydrogen) atoms. The van der Waals surface area contributed by atoms with Crippen LogP contribution in [-0.4, -0.2) is 33.3 Å². The number of methoxy groups -OCH3 is 1. The Kier molecular flexibility index (Phi) is 9.86. The number of benzene rings is 1. The number of hydrogen-bond acceptors (Lipinski definition) is 2. The van der Waals surface area contributed by atoms with Crippen LogP contribution < -0.4 is 10.6 Å². The van der Waals surface area contributed by atoms with Gasteiger partial charge in [-0.25, -0.2) is 0 Å². The molecule has 0 radical (unpaired) electrons. The van der Waals surface area contributed by atoms with Gasteiger partial charge in [0.05, 0.1) is 5.56 Å². The molecule has 0 aliphatic heterocycles. The van der Waals surface area contributed by atoms with Crippen molar-refractivity contribution in [3.63, 3.8) is 0 Å². The van der Waals surface area contributed by atoms with Gasteiger partial charge in [-0.15, -0.1) is 24.0 Å². The van der Waals surface area contributed by atoms with Crippen LogP contribution in [0, 0.1) is 5.41 Å². The van der Waals surface area contributed by atoms with Gasteiger partial charge in [0.15, 0.2) is 5.96 Å². The molecule has 1 aliphatic rings. The average molecular weight is 499 g/mol. The van der Waals surface area contributed by atoms with E-state index in [1.54, 1.807) is 14.2 Å². The highest BCUT2D eigenvalue weighted by atomic mass is 127. The van der Waals surface area contributed by atoms with Gasteiger partial charge in [0, 0.05) is 33.9 Å². The fourth-order valence-electron chi connectivity index (χ4n) is 3.45. The predicted octanol–water partition coefficient (Wildman–Crippen LogP) is 4.59. The van der Waals surface area contributed by atoms with E-state index in [0.29, 0.717) is 12.5 Å². The van der Waals surface area contributed by atoms with Crippen LogP contribution in [0.2, 0.25) is 0 Å². The van der Waals surface area contributed by atoms with E-state index >= 15 is 0 Å². The highest BCUT2D eigenvalue weighted by Crippen LogP contribution is 2.40. The summed E-state index contributed by atoms with van der Waals surface area (Å²) in [6.45, 7) is 1.99. The number of nitrogens with zero attached hydrogens (tertiary/aromatic N) is 1. The van der Waals surface area contributed by atoms with E-state index in [0.717, 1.165) is 37.3 Å². The maximum Gasteiger partial charge on any atom is 0.416 e. The zero-order valence-electron chi connectivity index (χ0n) is 15.9. The number of guanidine groups is 1. The summed E-state index contributed by atoms with van der Waals surface area (Å²) < 4.78 is 43.1. The molecule has 0 saturated heterocycles. The lowest BCUT2D eigenvalue weighted by Gasteiger charge is -2.30. The third-order valence-corrected chi connectivity index (χ3v) is 5.10. The monoisotopic (exact) mass is 499 g/mol. The van der Waals surface area contributed by atoms with E-state index in [2.05, 4.69) is 15.6 Å². The number of ether oxygens (including phenoxy) is 1. The van der Waals surface area contributed by atoms with Crippen molar-refractivity contribution >= 4 is 29.9 Å². The van der Waals surface area contributed by atoms with Crippen LogP contribution in [0.15, 0.2) is 29.3 Å². The molecule has 1 aromatic rings. The maximum atomic E-state index is 12.6. The van der Waals surface area contributed by atoms with Crippen LogP contribution in [0.4, 0.5) is 13.2 Å². The van der Waals surface area contributed by atoms with Gasteiger partial charge in [-0.1, -0.05) is 25.0 Å². The Hall–Kier alpha value is -1.03. The van der Waals surface area contributed by atoms with Crippen LogP contribution in [0.3, 0.4) is 0 Å². The minimum atomic E-state index is -4.30. The minimum Gasteiger partial charge on any atom is -0.385 e. The molecule has 0 heterocycles. The SMILES string of the molecule is CN=C(NCc1ccc(C(F)(F)F)cc1)NCC1(CCOC)CCCC1.I. The first-order valence-corrected chi connectivity index (χ1v) is 8.98. The number of nitrogens with one attached hydrogen (secondary N) is 2. The summed E-state index contributed by atoms with van der Waals surface area (Å²) in [6.07, 6.45) is 1.55. The number of rotatable bonds is 7. The van der Waals surface area contributed by atoms with Gasteiger partial charge in [0.1, 0.15) is 0 Å². The largest absolute Gasteiger partial charge is 0.416 e. The van der Waals surface area contributed by atoms with Crippen LogP contribution >= 0.6 is 24.0 Å². The van der Waals surface area contributed by atoms with Crippen molar-refractivity contribution in [2.24, 2.45) is 10.4 Å². The van der Waals surface area contributed by atoms with Gasteiger partial charge in [0.25, 0.3) is 0 Å². The molecule has 2 rings (SSSR count). The van der Waals surface area contributed by atoms with Crippen molar-refractivity contribution in [3.05, 3.63) is 35.4 Å². The van der Waals surface area contributed by atoms with Crippen LogP contribution in [0.5, 0.6) is 0 Å². The highest BCUT2D eigenvalue weighted by molar-refractivity contribution is 14.0. The maximum absolute atomic E-state index is 12.6. The molecule has 1 aromatic carbocycles. The molecule has 1 fully saturated rings. The third-order valence-electron chi connectivity index (χ3n) is 5.10. The first kappa shape index (κ1) is 24.0. The fourth-order valence-corrected chi connectivity index (χ4v) is 3.45. The quantitative estimate of drug-likeness (QED) is 0.328. The molecule has 4 nitrogen and oxygen atoms in total. The normalized spacial score (nSPS) is 16.7. The van der Waals surface area contributed by atoms with E-state index in [4.69, 9.17) is 4.74 Å². The van der Waals surface area contributed by atoms with Crippen molar-refractivity contribution in [2.75, 3.05) is 27.3 Å². The molecule has 8 heteroatoms. The van der Waals surface area contributed by atoms with Gasteiger partial charge in [-0.05, 0) is 42.4 Å². The molecule has 1 saturated carbocycles. The second kappa shape index (κ2) is 11.1. The number of hydrogen-bond donors (Lipinski definition) is 2. The Morgan fingerprint density at radius 2 is 1.78 bits per heavy atom.